The molecule has 3 unspecified atom stereocenters. The van der Waals surface area contributed by atoms with E-state index in [2.05, 4.69) is 31.3 Å². The molecule has 3 nitrogen and oxygen atoms in total. The molecule has 3 rings (SSSR count). The van der Waals surface area contributed by atoms with Gasteiger partial charge in [0, 0.05) is 30.5 Å². The number of aliphatic hydroxyl groups excluding tert-OH is 1. The van der Waals surface area contributed by atoms with Gasteiger partial charge in [-0.05, 0) is 24.0 Å². The fourth-order valence-electron chi connectivity index (χ4n) is 3.93. The lowest BCUT2D eigenvalue weighted by molar-refractivity contribution is -0.192. The topological polar surface area (TPSA) is 41.5 Å². The number of rotatable bonds is 4. The molecular weight excluding hydrogens is 250 g/mol. The maximum absolute atomic E-state index is 9.06. The molecule has 3 heteroatoms. The Kier molecular flexibility index (Phi) is 3.85. The molecule has 1 aromatic carbocycles. The molecule has 2 aliphatic rings. The zero-order chi connectivity index (χ0) is 14.2. The second-order valence-corrected chi connectivity index (χ2v) is 6.75. The van der Waals surface area contributed by atoms with Gasteiger partial charge in [0.25, 0.3) is 0 Å². The second-order valence-electron chi connectivity index (χ2n) is 6.75. The molecule has 1 saturated carbocycles. The van der Waals surface area contributed by atoms with Crippen molar-refractivity contribution < 1.29 is 9.84 Å². The van der Waals surface area contributed by atoms with Crippen molar-refractivity contribution in [3.8, 4) is 0 Å². The number of fused-ring (bicyclic) bond motifs is 1. The van der Waals surface area contributed by atoms with Gasteiger partial charge in [-0.3, -0.25) is 0 Å². The number of nitrogens with one attached hydrogen (secondary N) is 1. The monoisotopic (exact) mass is 275 g/mol. The van der Waals surface area contributed by atoms with Crippen LogP contribution < -0.4 is 5.32 Å². The highest BCUT2D eigenvalue weighted by atomic mass is 16.5. The standard InChI is InChI=1S/C17H25NO2/c1-17(2)15(14-4-3-9-20-16(14)17)18-10-12-5-7-13(11-19)8-6-12/h5-8,14-16,18-19H,3-4,9-11H2,1-2H3. The van der Waals surface area contributed by atoms with Gasteiger partial charge in [-0.2, -0.15) is 0 Å². The summed E-state index contributed by atoms with van der Waals surface area (Å²) >= 11 is 0. The Morgan fingerprint density at radius 1 is 1.25 bits per heavy atom. The molecule has 2 N–H and O–H groups in total. The highest BCUT2D eigenvalue weighted by Crippen LogP contribution is 2.51. The van der Waals surface area contributed by atoms with E-state index in [9.17, 15) is 0 Å². The van der Waals surface area contributed by atoms with Gasteiger partial charge in [0.2, 0.25) is 0 Å². The minimum absolute atomic E-state index is 0.116. The Balaban J connectivity index is 1.60. The number of hydrogen-bond donors (Lipinski definition) is 2. The lowest BCUT2D eigenvalue weighted by Gasteiger charge is -2.60. The molecule has 0 radical (unpaired) electrons. The molecule has 1 aliphatic heterocycles. The lowest BCUT2D eigenvalue weighted by atomic mass is 9.55. The van der Waals surface area contributed by atoms with Crippen LogP contribution in [0.25, 0.3) is 0 Å². The van der Waals surface area contributed by atoms with Crippen molar-refractivity contribution in [2.45, 2.75) is 52.0 Å². The summed E-state index contributed by atoms with van der Waals surface area (Å²) in [6.07, 6.45) is 2.92. The van der Waals surface area contributed by atoms with Crippen molar-refractivity contribution in [1.82, 2.24) is 5.32 Å². The van der Waals surface area contributed by atoms with E-state index in [0.717, 1.165) is 18.7 Å². The number of aliphatic hydroxyl groups is 1. The van der Waals surface area contributed by atoms with Crippen LogP contribution in [0.4, 0.5) is 0 Å². The van der Waals surface area contributed by atoms with E-state index in [1.54, 1.807) is 0 Å². The van der Waals surface area contributed by atoms with E-state index in [4.69, 9.17) is 9.84 Å². The van der Waals surface area contributed by atoms with E-state index >= 15 is 0 Å². The third kappa shape index (κ3) is 2.39. The molecule has 1 aromatic rings. The van der Waals surface area contributed by atoms with Crippen LogP contribution in [0.3, 0.4) is 0 Å². The van der Waals surface area contributed by atoms with Crippen LogP contribution in [0.1, 0.15) is 37.8 Å². The van der Waals surface area contributed by atoms with Crippen LogP contribution in [0.2, 0.25) is 0 Å². The second kappa shape index (κ2) is 5.47. The van der Waals surface area contributed by atoms with E-state index in [1.807, 2.05) is 12.1 Å². The third-order valence-corrected chi connectivity index (χ3v) is 5.06. The fraction of sp³-hybridized carbons (Fsp3) is 0.647. The molecule has 0 amide bonds. The highest BCUT2D eigenvalue weighted by molar-refractivity contribution is 5.22. The SMILES string of the molecule is CC1(C)C(NCc2ccc(CO)cc2)C2CCCOC21. The first kappa shape index (κ1) is 14.1. The Hall–Kier alpha value is -0.900. The summed E-state index contributed by atoms with van der Waals surface area (Å²) in [4.78, 5) is 0. The summed E-state index contributed by atoms with van der Waals surface area (Å²) in [6.45, 7) is 6.56. The zero-order valence-electron chi connectivity index (χ0n) is 12.4. The first-order chi connectivity index (χ1) is 9.63. The molecule has 1 heterocycles. The van der Waals surface area contributed by atoms with Crippen molar-refractivity contribution >= 4 is 0 Å². The average Bonchev–Trinajstić information content (AvgIpc) is 2.48. The van der Waals surface area contributed by atoms with Crippen LogP contribution in [0, 0.1) is 11.3 Å². The summed E-state index contributed by atoms with van der Waals surface area (Å²) < 4.78 is 5.94. The highest BCUT2D eigenvalue weighted by Gasteiger charge is 2.57. The first-order valence-electron chi connectivity index (χ1n) is 7.66. The quantitative estimate of drug-likeness (QED) is 0.887. The van der Waals surface area contributed by atoms with E-state index in [0.29, 0.717) is 18.1 Å². The molecule has 20 heavy (non-hydrogen) atoms. The minimum atomic E-state index is 0.116. The van der Waals surface area contributed by atoms with Gasteiger partial charge in [-0.1, -0.05) is 38.1 Å². The average molecular weight is 275 g/mol. The van der Waals surface area contributed by atoms with Crippen LogP contribution in [-0.2, 0) is 17.9 Å². The molecule has 3 atom stereocenters. The third-order valence-electron chi connectivity index (χ3n) is 5.06. The van der Waals surface area contributed by atoms with Gasteiger partial charge in [-0.25, -0.2) is 0 Å². The van der Waals surface area contributed by atoms with Gasteiger partial charge in [0.05, 0.1) is 12.7 Å². The maximum atomic E-state index is 9.06. The van der Waals surface area contributed by atoms with Gasteiger partial charge in [0.1, 0.15) is 0 Å². The summed E-state index contributed by atoms with van der Waals surface area (Å²) in [6, 6.07) is 8.73. The van der Waals surface area contributed by atoms with Crippen LogP contribution in [0.5, 0.6) is 0 Å². The van der Waals surface area contributed by atoms with Gasteiger partial charge in [0.15, 0.2) is 0 Å². The summed E-state index contributed by atoms with van der Waals surface area (Å²) in [5.41, 5.74) is 2.48. The van der Waals surface area contributed by atoms with Crippen LogP contribution in [-0.4, -0.2) is 23.9 Å². The predicted molar refractivity (Wildman–Crippen MR) is 79.2 cm³/mol. The van der Waals surface area contributed by atoms with Crippen molar-refractivity contribution in [1.29, 1.82) is 0 Å². The molecule has 2 fully saturated rings. The van der Waals surface area contributed by atoms with Crippen molar-refractivity contribution in [2.24, 2.45) is 11.3 Å². The van der Waals surface area contributed by atoms with Crippen molar-refractivity contribution in [2.75, 3.05) is 6.61 Å². The Bertz CT molecular complexity index is 455. The zero-order valence-corrected chi connectivity index (χ0v) is 12.4. The molecule has 110 valence electrons. The summed E-state index contributed by atoms with van der Waals surface area (Å²) in [5.74, 6) is 0.676. The van der Waals surface area contributed by atoms with Crippen molar-refractivity contribution in [3.05, 3.63) is 35.4 Å². The van der Waals surface area contributed by atoms with Gasteiger partial charge >= 0.3 is 0 Å². The Labute approximate surface area is 121 Å². The molecular formula is C17H25NO2. The predicted octanol–water partition coefficient (Wildman–Crippen LogP) is 2.47. The lowest BCUT2D eigenvalue weighted by Crippen LogP contribution is -2.69. The smallest absolute Gasteiger partial charge is 0.0684 e. The van der Waals surface area contributed by atoms with Gasteiger partial charge in [-0.15, -0.1) is 0 Å². The number of benzene rings is 1. The fourth-order valence-corrected chi connectivity index (χ4v) is 3.93. The molecule has 1 aliphatic carbocycles. The summed E-state index contributed by atoms with van der Waals surface area (Å²) in [5, 5.41) is 12.8. The maximum Gasteiger partial charge on any atom is 0.0684 e. The molecule has 0 spiro atoms. The molecule has 0 bridgehead atoms. The van der Waals surface area contributed by atoms with Crippen LogP contribution in [0.15, 0.2) is 24.3 Å². The van der Waals surface area contributed by atoms with Crippen molar-refractivity contribution in [3.63, 3.8) is 0 Å². The normalized spacial score (nSPS) is 31.4. The van der Waals surface area contributed by atoms with E-state index < -0.39 is 0 Å². The summed E-state index contributed by atoms with van der Waals surface area (Å²) in [7, 11) is 0. The number of ether oxygens (including phenoxy) is 1. The Morgan fingerprint density at radius 3 is 2.65 bits per heavy atom. The minimum Gasteiger partial charge on any atom is -0.392 e. The Morgan fingerprint density at radius 2 is 1.95 bits per heavy atom. The largest absolute Gasteiger partial charge is 0.392 e. The van der Waals surface area contributed by atoms with Gasteiger partial charge < -0.3 is 15.2 Å². The molecule has 0 aromatic heterocycles. The number of hydrogen-bond acceptors (Lipinski definition) is 3. The van der Waals surface area contributed by atoms with E-state index in [-0.39, 0.29) is 12.0 Å². The molecule has 1 saturated heterocycles. The van der Waals surface area contributed by atoms with Crippen LogP contribution >= 0.6 is 0 Å². The van der Waals surface area contributed by atoms with E-state index in [1.165, 1.54) is 18.4 Å². The first-order valence-corrected chi connectivity index (χ1v) is 7.66.